The first kappa shape index (κ1) is 16.4. The van der Waals surface area contributed by atoms with Crippen LogP contribution in [0.1, 0.15) is 18.5 Å². The maximum atomic E-state index is 11.3. The van der Waals surface area contributed by atoms with Crippen molar-refractivity contribution < 1.29 is 9.66 Å². The number of rotatable bonds is 4. The minimum absolute atomic E-state index is 0.117. The molecule has 3 aromatic rings. The lowest BCUT2D eigenvalue weighted by Crippen LogP contribution is -2.19. The van der Waals surface area contributed by atoms with Gasteiger partial charge in [-0.25, -0.2) is 15.0 Å². The fourth-order valence-electron chi connectivity index (χ4n) is 3.33. The van der Waals surface area contributed by atoms with Gasteiger partial charge >= 0.3 is 0 Å². The number of nitrogen functional groups attached to an aromatic ring is 1. The van der Waals surface area contributed by atoms with Gasteiger partial charge in [-0.3, -0.25) is 14.7 Å². The van der Waals surface area contributed by atoms with Crippen molar-refractivity contribution in [3.63, 3.8) is 0 Å². The molecule has 1 aliphatic rings. The number of imidazole rings is 1. The van der Waals surface area contributed by atoms with Crippen molar-refractivity contribution in [2.24, 2.45) is 5.92 Å². The third-order valence-electron chi connectivity index (χ3n) is 4.70. The predicted molar refractivity (Wildman–Crippen MR) is 95.0 cm³/mol. The average Bonchev–Trinajstić information content (AvgIpc) is 3.17. The molecular formula is C17H18N6O3. The number of fused-ring (bicyclic) bond motifs is 1. The molecule has 0 aliphatic carbocycles. The van der Waals surface area contributed by atoms with Crippen molar-refractivity contribution in [3.05, 3.63) is 46.7 Å². The number of nitrogens with two attached hydrogens (primary N) is 1. The Hall–Kier alpha value is -3.07. The first-order chi connectivity index (χ1) is 12.6. The number of benzene rings is 1. The van der Waals surface area contributed by atoms with Gasteiger partial charge in [-0.05, 0) is 31.2 Å². The molecule has 1 fully saturated rings. The van der Waals surface area contributed by atoms with Crippen molar-refractivity contribution in [3.8, 4) is 5.95 Å². The van der Waals surface area contributed by atoms with Crippen molar-refractivity contribution in [2.75, 3.05) is 18.9 Å². The molecule has 0 bridgehead atoms. The van der Waals surface area contributed by atoms with E-state index in [4.69, 9.17) is 10.5 Å². The van der Waals surface area contributed by atoms with Crippen molar-refractivity contribution in [1.82, 2.24) is 19.5 Å². The van der Waals surface area contributed by atoms with Crippen molar-refractivity contribution in [2.45, 2.75) is 19.3 Å². The number of ether oxygens (including phenoxy) is 1. The van der Waals surface area contributed by atoms with E-state index in [1.807, 2.05) is 0 Å². The Balaban J connectivity index is 1.88. The van der Waals surface area contributed by atoms with Crippen LogP contribution >= 0.6 is 0 Å². The second-order valence-corrected chi connectivity index (χ2v) is 6.35. The van der Waals surface area contributed by atoms with Crippen molar-refractivity contribution in [1.29, 1.82) is 0 Å². The van der Waals surface area contributed by atoms with Gasteiger partial charge in [-0.15, -0.1) is 0 Å². The number of nitro groups is 1. The molecule has 2 N–H and O–H groups in total. The summed E-state index contributed by atoms with van der Waals surface area (Å²) in [5, 5.41) is 11.8. The van der Waals surface area contributed by atoms with Gasteiger partial charge in [0.05, 0.1) is 21.5 Å². The molecule has 9 nitrogen and oxygen atoms in total. The van der Waals surface area contributed by atoms with Gasteiger partial charge in [-0.1, -0.05) is 0 Å². The van der Waals surface area contributed by atoms with Gasteiger partial charge in [0.1, 0.15) is 12.0 Å². The monoisotopic (exact) mass is 354 g/mol. The standard InChI is InChI=1S/C17H18N6O3/c18-16-14(23(24)25)2-1-12-15(16)13(9-11-3-7-26-8-4-11)21-17(20-12)22-6-5-19-10-22/h1-2,5-6,10-11H,3-4,7-9,18H2. The molecule has 3 heterocycles. The molecule has 1 aromatic carbocycles. The highest BCUT2D eigenvalue weighted by Crippen LogP contribution is 2.33. The Morgan fingerprint density at radius 1 is 1.31 bits per heavy atom. The molecule has 0 saturated carbocycles. The molecule has 4 rings (SSSR count). The highest BCUT2D eigenvalue weighted by atomic mass is 16.6. The van der Waals surface area contributed by atoms with Crippen LogP contribution < -0.4 is 5.73 Å². The minimum atomic E-state index is -0.475. The molecule has 0 atom stereocenters. The van der Waals surface area contributed by atoms with E-state index in [1.165, 1.54) is 6.07 Å². The van der Waals surface area contributed by atoms with Gasteiger partial charge in [0.15, 0.2) is 0 Å². The minimum Gasteiger partial charge on any atom is -0.393 e. The van der Waals surface area contributed by atoms with Crippen LogP contribution in [-0.2, 0) is 11.2 Å². The number of aromatic nitrogens is 4. The lowest BCUT2D eigenvalue weighted by atomic mass is 9.93. The van der Waals surface area contributed by atoms with Crippen LogP contribution in [0.5, 0.6) is 0 Å². The van der Waals surface area contributed by atoms with Crippen LogP contribution in [-0.4, -0.2) is 37.7 Å². The number of nitro benzene ring substituents is 1. The van der Waals surface area contributed by atoms with Crippen LogP contribution in [0.25, 0.3) is 16.9 Å². The van der Waals surface area contributed by atoms with Crippen LogP contribution in [0.15, 0.2) is 30.9 Å². The maximum Gasteiger partial charge on any atom is 0.292 e. The fraction of sp³-hybridized carbons (Fsp3) is 0.353. The third kappa shape index (κ3) is 2.97. The summed E-state index contributed by atoms with van der Waals surface area (Å²) in [4.78, 5) is 24.0. The molecule has 1 saturated heterocycles. The van der Waals surface area contributed by atoms with E-state index in [0.717, 1.165) is 31.7 Å². The zero-order valence-electron chi connectivity index (χ0n) is 14.0. The molecule has 9 heteroatoms. The maximum absolute atomic E-state index is 11.3. The number of hydrogen-bond acceptors (Lipinski definition) is 7. The first-order valence-corrected chi connectivity index (χ1v) is 8.43. The number of anilines is 1. The second kappa shape index (κ2) is 6.68. The van der Waals surface area contributed by atoms with Gasteiger partial charge in [-0.2, -0.15) is 0 Å². The zero-order valence-corrected chi connectivity index (χ0v) is 14.0. The Bertz CT molecular complexity index is 951. The van der Waals surface area contributed by atoms with Gasteiger partial charge in [0, 0.05) is 31.7 Å². The van der Waals surface area contributed by atoms with Crippen LogP contribution in [0.3, 0.4) is 0 Å². The summed E-state index contributed by atoms with van der Waals surface area (Å²) in [7, 11) is 0. The molecule has 2 aromatic heterocycles. The SMILES string of the molecule is Nc1c([N+](=O)[O-])ccc2nc(-n3ccnc3)nc(CC3CCOCC3)c12. The average molecular weight is 354 g/mol. The third-order valence-corrected chi connectivity index (χ3v) is 4.70. The van der Waals surface area contributed by atoms with Gasteiger partial charge in [0.25, 0.3) is 5.69 Å². The normalized spacial score (nSPS) is 15.4. The van der Waals surface area contributed by atoms with E-state index in [2.05, 4.69) is 15.0 Å². The van der Waals surface area contributed by atoms with E-state index >= 15 is 0 Å². The molecule has 1 aliphatic heterocycles. The highest BCUT2D eigenvalue weighted by Gasteiger charge is 2.22. The Morgan fingerprint density at radius 3 is 2.81 bits per heavy atom. The smallest absolute Gasteiger partial charge is 0.292 e. The summed E-state index contributed by atoms with van der Waals surface area (Å²) in [6, 6.07) is 3.01. The summed E-state index contributed by atoms with van der Waals surface area (Å²) in [6.07, 6.45) is 7.56. The highest BCUT2D eigenvalue weighted by molar-refractivity contribution is 5.97. The van der Waals surface area contributed by atoms with Crippen LogP contribution in [0.4, 0.5) is 11.4 Å². The van der Waals surface area contributed by atoms with Gasteiger partial charge in [0.2, 0.25) is 5.95 Å². The Labute approximate surface area is 149 Å². The summed E-state index contributed by atoms with van der Waals surface area (Å²) in [5.74, 6) is 0.876. The lowest BCUT2D eigenvalue weighted by molar-refractivity contribution is -0.383. The van der Waals surface area contributed by atoms with E-state index in [-0.39, 0.29) is 11.4 Å². The number of hydrogen-bond donors (Lipinski definition) is 1. The fourth-order valence-corrected chi connectivity index (χ4v) is 3.33. The van der Waals surface area contributed by atoms with E-state index < -0.39 is 4.92 Å². The summed E-state index contributed by atoms with van der Waals surface area (Å²) >= 11 is 0. The van der Waals surface area contributed by atoms with Crippen LogP contribution in [0.2, 0.25) is 0 Å². The van der Waals surface area contributed by atoms with E-state index in [0.29, 0.717) is 29.2 Å². The quantitative estimate of drug-likeness (QED) is 0.433. The summed E-state index contributed by atoms with van der Waals surface area (Å²) in [5.41, 5.74) is 7.45. The summed E-state index contributed by atoms with van der Waals surface area (Å²) in [6.45, 7) is 1.44. The van der Waals surface area contributed by atoms with Crippen LogP contribution in [0, 0.1) is 16.0 Å². The molecule has 26 heavy (non-hydrogen) atoms. The molecule has 134 valence electrons. The van der Waals surface area contributed by atoms with Crippen molar-refractivity contribution >= 4 is 22.3 Å². The lowest BCUT2D eigenvalue weighted by Gasteiger charge is -2.22. The molecular weight excluding hydrogens is 336 g/mol. The molecule has 0 unspecified atom stereocenters. The summed E-state index contributed by atoms with van der Waals surface area (Å²) < 4.78 is 7.14. The zero-order chi connectivity index (χ0) is 18.1. The van der Waals surface area contributed by atoms with E-state index in [1.54, 1.807) is 29.4 Å². The molecule has 0 spiro atoms. The van der Waals surface area contributed by atoms with E-state index in [9.17, 15) is 10.1 Å². The second-order valence-electron chi connectivity index (χ2n) is 6.35. The van der Waals surface area contributed by atoms with Gasteiger partial charge < -0.3 is 10.5 Å². The predicted octanol–water partition coefficient (Wildman–Crippen LogP) is 2.28. The largest absolute Gasteiger partial charge is 0.393 e. The topological polar surface area (TPSA) is 122 Å². The Kier molecular flexibility index (Phi) is 4.21. The number of nitrogens with zero attached hydrogens (tertiary/aromatic N) is 5. The first-order valence-electron chi connectivity index (χ1n) is 8.43. The molecule has 0 amide bonds. The molecule has 0 radical (unpaired) electrons. The Morgan fingerprint density at radius 2 is 2.12 bits per heavy atom.